The first-order chi connectivity index (χ1) is 12.0. The summed E-state index contributed by atoms with van der Waals surface area (Å²) in [6.45, 7) is 1.92. The Bertz CT molecular complexity index is 916. The van der Waals surface area contributed by atoms with Crippen LogP contribution in [0.15, 0.2) is 54.7 Å². The molecule has 25 heavy (non-hydrogen) atoms. The highest BCUT2D eigenvalue weighted by molar-refractivity contribution is 5.91. The SMILES string of the molecule is Cc1cccc2nc(C(=O)O[C@H](C(=O)N(C)C)c3ccccc3)cn12. The van der Waals surface area contributed by atoms with Gasteiger partial charge in [0.15, 0.2) is 5.69 Å². The number of fused-ring (bicyclic) bond motifs is 1. The topological polar surface area (TPSA) is 63.9 Å². The maximum atomic E-state index is 12.6. The van der Waals surface area contributed by atoms with Gasteiger partial charge in [0.2, 0.25) is 6.10 Å². The second-order valence-electron chi connectivity index (χ2n) is 5.95. The van der Waals surface area contributed by atoms with E-state index in [1.165, 1.54) is 4.90 Å². The summed E-state index contributed by atoms with van der Waals surface area (Å²) in [5.41, 5.74) is 2.39. The Hall–Kier alpha value is -3.15. The first kappa shape index (κ1) is 16.7. The Morgan fingerprint density at radius 3 is 2.44 bits per heavy atom. The van der Waals surface area contributed by atoms with Crippen molar-refractivity contribution in [2.45, 2.75) is 13.0 Å². The van der Waals surface area contributed by atoms with Crippen LogP contribution in [0.5, 0.6) is 0 Å². The lowest BCUT2D eigenvalue weighted by atomic mass is 10.1. The van der Waals surface area contributed by atoms with Gasteiger partial charge in [0.25, 0.3) is 5.91 Å². The zero-order valence-electron chi connectivity index (χ0n) is 14.3. The smallest absolute Gasteiger partial charge is 0.359 e. The molecule has 0 bridgehead atoms. The molecule has 0 unspecified atom stereocenters. The van der Waals surface area contributed by atoms with Crippen molar-refractivity contribution >= 4 is 17.5 Å². The Kier molecular flexibility index (Phi) is 4.52. The molecule has 0 aliphatic rings. The number of nitrogens with zero attached hydrogens (tertiary/aromatic N) is 3. The number of rotatable bonds is 4. The number of amides is 1. The number of imidazole rings is 1. The van der Waals surface area contributed by atoms with Gasteiger partial charge in [-0.15, -0.1) is 0 Å². The highest BCUT2D eigenvalue weighted by Crippen LogP contribution is 2.21. The van der Waals surface area contributed by atoms with E-state index in [2.05, 4.69) is 4.98 Å². The first-order valence-corrected chi connectivity index (χ1v) is 7.89. The Morgan fingerprint density at radius 2 is 1.80 bits per heavy atom. The predicted octanol–water partition coefficient (Wildman–Crippen LogP) is 2.63. The molecule has 6 heteroatoms. The molecule has 3 aromatic rings. The molecule has 0 fully saturated rings. The highest BCUT2D eigenvalue weighted by atomic mass is 16.5. The molecule has 1 atom stereocenters. The van der Waals surface area contributed by atoms with E-state index in [1.54, 1.807) is 44.6 Å². The minimum Gasteiger partial charge on any atom is -0.443 e. The van der Waals surface area contributed by atoms with Gasteiger partial charge in [-0.05, 0) is 19.1 Å². The molecule has 1 amide bonds. The summed E-state index contributed by atoms with van der Waals surface area (Å²) in [7, 11) is 3.25. The molecule has 2 heterocycles. The maximum Gasteiger partial charge on any atom is 0.359 e. The van der Waals surface area contributed by atoms with Crippen molar-refractivity contribution in [3.8, 4) is 0 Å². The van der Waals surface area contributed by atoms with Gasteiger partial charge in [-0.3, -0.25) is 4.79 Å². The lowest BCUT2D eigenvalue weighted by molar-refractivity contribution is -0.138. The number of hydrogen-bond acceptors (Lipinski definition) is 4. The number of likely N-dealkylation sites (N-methyl/N-ethyl adjacent to an activating group) is 1. The Morgan fingerprint density at radius 1 is 1.08 bits per heavy atom. The molecular formula is C19H19N3O3. The summed E-state index contributed by atoms with van der Waals surface area (Å²) >= 11 is 0. The van der Waals surface area contributed by atoms with Crippen molar-refractivity contribution in [1.29, 1.82) is 0 Å². The van der Waals surface area contributed by atoms with Crippen molar-refractivity contribution < 1.29 is 14.3 Å². The average Bonchev–Trinajstić information content (AvgIpc) is 3.05. The predicted molar refractivity (Wildman–Crippen MR) is 93.2 cm³/mol. The van der Waals surface area contributed by atoms with Crippen LogP contribution in [0.4, 0.5) is 0 Å². The lowest BCUT2D eigenvalue weighted by Crippen LogP contribution is -2.31. The van der Waals surface area contributed by atoms with E-state index in [9.17, 15) is 9.59 Å². The monoisotopic (exact) mass is 337 g/mol. The molecular weight excluding hydrogens is 318 g/mol. The molecule has 0 aliphatic heterocycles. The highest BCUT2D eigenvalue weighted by Gasteiger charge is 2.28. The van der Waals surface area contributed by atoms with Crippen LogP contribution >= 0.6 is 0 Å². The number of ether oxygens (including phenoxy) is 1. The van der Waals surface area contributed by atoms with Crippen molar-refractivity contribution in [2.24, 2.45) is 0 Å². The molecule has 1 aromatic carbocycles. The third-order valence-corrected chi connectivity index (χ3v) is 3.90. The molecule has 3 rings (SSSR count). The normalized spacial score (nSPS) is 12.0. The van der Waals surface area contributed by atoms with Gasteiger partial charge in [0.05, 0.1) is 0 Å². The third kappa shape index (κ3) is 3.38. The standard InChI is InChI=1S/C19H19N3O3/c1-13-8-7-11-16-20-15(12-22(13)16)19(24)25-17(18(23)21(2)3)14-9-5-4-6-10-14/h4-12,17H,1-3H3/t17-/m0/s1. The van der Waals surface area contributed by atoms with Gasteiger partial charge in [0.1, 0.15) is 5.65 Å². The zero-order chi connectivity index (χ0) is 18.0. The Balaban J connectivity index is 1.91. The summed E-state index contributed by atoms with van der Waals surface area (Å²) < 4.78 is 7.32. The van der Waals surface area contributed by atoms with Crippen LogP contribution in [-0.2, 0) is 9.53 Å². The average molecular weight is 337 g/mol. The van der Waals surface area contributed by atoms with E-state index in [0.717, 1.165) is 5.69 Å². The van der Waals surface area contributed by atoms with Gasteiger partial charge in [-0.2, -0.15) is 0 Å². The third-order valence-electron chi connectivity index (χ3n) is 3.90. The van der Waals surface area contributed by atoms with E-state index in [4.69, 9.17) is 4.74 Å². The Labute approximate surface area is 145 Å². The van der Waals surface area contributed by atoms with Crippen molar-refractivity contribution in [3.63, 3.8) is 0 Å². The molecule has 0 radical (unpaired) electrons. The first-order valence-electron chi connectivity index (χ1n) is 7.89. The second kappa shape index (κ2) is 6.76. The second-order valence-corrected chi connectivity index (χ2v) is 5.95. The molecule has 0 saturated heterocycles. The maximum absolute atomic E-state index is 12.6. The van der Waals surface area contributed by atoms with Crippen LogP contribution in [0, 0.1) is 6.92 Å². The minimum atomic E-state index is -1.00. The number of carbonyl (C=O) groups excluding carboxylic acids is 2. The summed E-state index contributed by atoms with van der Waals surface area (Å²) in [5, 5.41) is 0. The quantitative estimate of drug-likeness (QED) is 0.687. The number of aryl methyl sites for hydroxylation is 1. The van der Waals surface area contributed by atoms with Gasteiger partial charge in [0, 0.05) is 31.5 Å². The number of hydrogen-bond donors (Lipinski definition) is 0. The summed E-state index contributed by atoms with van der Waals surface area (Å²) in [5.74, 6) is -0.938. The summed E-state index contributed by atoms with van der Waals surface area (Å²) in [4.78, 5) is 30.7. The molecule has 2 aromatic heterocycles. The fraction of sp³-hybridized carbons (Fsp3) is 0.211. The van der Waals surface area contributed by atoms with Crippen molar-refractivity contribution in [3.05, 3.63) is 71.7 Å². The van der Waals surface area contributed by atoms with Crippen LogP contribution in [0.1, 0.15) is 27.8 Å². The van der Waals surface area contributed by atoms with E-state index in [-0.39, 0.29) is 11.6 Å². The number of aromatic nitrogens is 2. The van der Waals surface area contributed by atoms with E-state index in [1.807, 2.05) is 35.6 Å². The van der Waals surface area contributed by atoms with Gasteiger partial charge in [-0.1, -0.05) is 36.4 Å². The number of carbonyl (C=O) groups is 2. The van der Waals surface area contributed by atoms with Crippen LogP contribution in [0.25, 0.3) is 5.65 Å². The van der Waals surface area contributed by atoms with Gasteiger partial charge in [-0.25, -0.2) is 9.78 Å². The van der Waals surface area contributed by atoms with E-state index in [0.29, 0.717) is 11.2 Å². The fourth-order valence-electron chi connectivity index (χ4n) is 2.54. The molecule has 6 nitrogen and oxygen atoms in total. The number of esters is 1. The molecule has 0 spiro atoms. The molecule has 0 aliphatic carbocycles. The molecule has 0 N–H and O–H groups in total. The number of benzene rings is 1. The molecule has 128 valence electrons. The summed E-state index contributed by atoms with van der Waals surface area (Å²) in [6.07, 6.45) is 0.615. The fourth-order valence-corrected chi connectivity index (χ4v) is 2.54. The van der Waals surface area contributed by atoms with Crippen molar-refractivity contribution in [2.75, 3.05) is 14.1 Å². The van der Waals surface area contributed by atoms with Crippen LogP contribution in [-0.4, -0.2) is 40.3 Å². The number of pyridine rings is 1. The lowest BCUT2D eigenvalue weighted by Gasteiger charge is -2.20. The van der Waals surface area contributed by atoms with Gasteiger partial charge >= 0.3 is 5.97 Å². The summed E-state index contributed by atoms with van der Waals surface area (Å²) in [6, 6.07) is 14.6. The van der Waals surface area contributed by atoms with Crippen LogP contribution < -0.4 is 0 Å². The minimum absolute atomic E-state index is 0.168. The molecule has 0 saturated carbocycles. The zero-order valence-corrected chi connectivity index (χ0v) is 14.3. The van der Waals surface area contributed by atoms with E-state index >= 15 is 0 Å². The largest absolute Gasteiger partial charge is 0.443 e. The van der Waals surface area contributed by atoms with Crippen LogP contribution in [0.3, 0.4) is 0 Å². The van der Waals surface area contributed by atoms with Crippen molar-refractivity contribution in [1.82, 2.24) is 14.3 Å². The van der Waals surface area contributed by atoms with Crippen LogP contribution in [0.2, 0.25) is 0 Å². The van der Waals surface area contributed by atoms with E-state index < -0.39 is 12.1 Å². The van der Waals surface area contributed by atoms with Gasteiger partial charge < -0.3 is 14.0 Å².